The van der Waals surface area contributed by atoms with E-state index < -0.39 is 12.0 Å². The highest BCUT2D eigenvalue weighted by Crippen LogP contribution is 2.35. The third-order valence-electron chi connectivity index (χ3n) is 8.10. The van der Waals surface area contributed by atoms with Gasteiger partial charge >= 0.3 is 5.97 Å². The molecule has 1 aliphatic heterocycles. The van der Waals surface area contributed by atoms with E-state index in [2.05, 4.69) is 24.3 Å². The summed E-state index contributed by atoms with van der Waals surface area (Å²) in [6.07, 6.45) is 1.85. The van der Waals surface area contributed by atoms with Gasteiger partial charge in [0, 0.05) is 5.56 Å². The molecule has 0 bridgehead atoms. The number of aromatic nitrogens is 1. The maximum absolute atomic E-state index is 14.3. The number of hydrogen-bond acceptors (Lipinski definition) is 6. The molecule has 0 radical (unpaired) electrons. The van der Waals surface area contributed by atoms with Crippen LogP contribution in [0.2, 0.25) is 0 Å². The van der Waals surface area contributed by atoms with Gasteiger partial charge < -0.3 is 9.47 Å². The van der Waals surface area contributed by atoms with Crippen LogP contribution < -0.4 is 19.6 Å². The van der Waals surface area contributed by atoms with Crippen LogP contribution in [-0.2, 0) is 16.1 Å². The summed E-state index contributed by atoms with van der Waals surface area (Å²) in [6.45, 7) is 4.18. The number of rotatable bonds is 7. The highest BCUT2D eigenvalue weighted by atomic mass is 32.1. The Morgan fingerprint density at radius 3 is 2.33 bits per heavy atom. The molecule has 1 atom stereocenters. The molecule has 7 rings (SSSR count). The first-order valence-corrected chi connectivity index (χ1v) is 15.7. The van der Waals surface area contributed by atoms with Crippen LogP contribution in [0, 0.1) is 0 Å². The molecule has 0 amide bonds. The first-order chi connectivity index (χ1) is 22.0. The zero-order valence-electron chi connectivity index (χ0n) is 24.9. The maximum atomic E-state index is 14.3. The number of hydrogen-bond donors (Lipinski definition) is 0. The fourth-order valence-electron chi connectivity index (χ4n) is 6.02. The van der Waals surface area contributed by atoms with E-state index in [1.165, 1.54) is 11.3 Å². The molecule has 0 fully saturated rings. The second kappa shape index (κ2) is 12.0. The first-order valence-electron chi connectivity index (χ1n) is 14.9. The highest BCUT2D eigenvalue weighted by molar-refractivity contribution is 7.07. The molecular weight excluding hydrogens is 580 g/mol. The number of benzene rings is 5. The lowest BCUT2D eigenvalue weighted by Crippen LogP contribution is -2.40. The average Bonchev–Trinajstić information content (AvgIpc) is 3.37. The zero-order chi connectivity index (χ0) is 30.9. The molecule has 2 heterocycles. The minimum Gasteiger partial charge on any atom is -0.488 e. The maximum Gasteiger partial charge on any atom is 0.338 e. The van der Waals surface area contributed by atoms with Crippen molar-refractivity contribution in [2.75, 3.05) is 6.61 Å². The number of esters is 1. The summed E-state index contributed by atoms with van der Waals surface area (Å²) in [6, 6.07) is 35.4. The lowest BCUT2D eigenvalue weighted by molar-refractivity contribution is -0.139. The summed E-state index contributed by atoms with van der Waals surface area (Å²) < 4.78 is 14.0. The molecule has 6 nitrogen and oxygen atoms in total. The Hall–Kier alpha value is -5.27. The van der Waals surface area contributed by atoms with E-state index in [4.69, 9.17) is 14.5 Å². The summed E-state index contributed by atoms with van der Waals surface area (Å²) in [5, 5.41) is 4.29. The van der Waals surface area contributed by atoms with Crippen LogP contribution in [0.4, 0.5) is 0 Å². The smallest absolute Gasteiger partial charge is 0.338 e. The van der Waals surface area contributed by atoms with E-state index in [9.17, 15) is 9.59 Å². The lowest BCUT2D eigenvalue weighted by Gasteiger charge is -2.25. The standard InChI is InChI=1S/C38H30N2O4S/c1-3-43-37(42)34-24(2)39-38-40(35(34)31-20-11-16-26-13-5-8-19-30(26)31)36(41)33(45-38)22-27-14-6-9-21-32(27)44-23-28-17-10-15-25-12-4-7-18-29(25)28/h4-22,35H,3,23H2,1-2H3/b33-22+/t35-/m0/s1. The number of para-hydroxylation sites is 1. The summed E-state index contributed by atoms with van der Waals surface area (Å²) in [5.74, 6) is 0.198. The monoisotopic (exact) mass is 610 g/mol. The van der Waals surface area contributed by atoms with Gasteiger partial charge in [-0.15, -0.1) is 0 Å². The summed E-state index contributed by atoms with van der Waals surface area (Å²) in [4.78, 5) is 32.9. The minimum atomic E-state index is -0.689. The number of ether oxygens (including phenoxy) is 2. The van der Waals surface area contributed by atoms with Gasteiger partial charge in [-0.3, -0.25) is 9.36 Å². The van der Waals surface area contributed by atoms with Gasteiger partial charge in [0.1, 0.15) is 12.4 Å². The van der Waals surface area contributed by atoms with Crippen LogP contribution in [0.5, 0.6) is 5.75 Å². The molecule has 6 aromatic rings. The molecule has 7 heteroatoms. The number of fused-ring (bicyclic) bond motifs is 3. The third kappa shape index (κ3) is 5.25. The van der Waals surface area contributed by atoms with E-state index in [-0.39, 0.29) is 12.2 Å². The Labute approximate surface area is 263 Å². The van der Waals surface area contributed by atoms with Crippen molar-refractivity contribution < 1.29 is 14.3 Å². The fraction of sp³-hybridized carbons (Fsp3) is 0.132. The van der Waals surface area contributed by atoms with Crippen molar-refractivity contribution in [2.24, 2.45) is 4.99 Å². The van der Waals surface area contributed by atoms with Crippen molar-refractivity contribution in [1.82, 2.24) is 4.57 Å². The van der Waals surface area contributed by atoms with Crippen LogP contribution in [0.25, 0.3) is 27.6 Å². The average molecular weight is 611 g/mol. The molecule has 0 unspecified atom stereocenters. The number of allylic oxidation sites excluding steroid dienone is 1. The largest absolute Gasteiger partial charge is 0.488 e. The van der Waals surface area contributed by atoms with Crippen LogP contribution in [0.15, 0.2) is 130 Å². The van der Waals surface area contributed by atoms with Gasteiger partial charge in [0.15, 0.2) is 4.80 Å². The van der Waals surface area contributed by atoms with Crippen molar-refractivity contribution in [3.63, 3.8) is 0 Å². The Morgan fingerprint density at radius 1 is 0.867 bits per heavy atom. The normalized spacial score (nSPS) is 14.8. The van der Waals surface area contributed by atoms with Crippen molar-refractivity contribution in [2.45, 2.75) is 26.5 Å². The first kappa shape index (κ1) is 28.5. The molecule has 1 aromatic heterocycles. The number of carbonyl (C=O) groups excluding carboxylic acids is 1. The van der Waals surface area contributed by atoms with Gasteiger partial charge in [-0.2, -0.15) is 0 Å². The quantitative estimate of drug-likeness (QED) is 0.189. The van der Waals surface area contributed by atoms with Gasteiger partial charge in [0.2, 0.25) is 0 Å². The minimum absolute atomic E-state index is 0.220. The van der Waals surface area contributed by atoms with Crippen LogP contribution in [0.3, 0.4) is 0 Å². The van der Waals surface area contributed by atoms with Crippen molar-refractivity contribution in [3.05, 3.63) is 157 Å². The van der Waals surface area contributed by atoms with Gasteiger partial charge in [0.05, 0.1) is 28.5 Å². The van der Waals surface area contributed by atoms with E-state index in [1.807, 2.05) is 91.0 Å². The van der Waals surface area contributed by atoms with E-state index in [1.54, 1.807) is 18.4 Å². The zero-order valence-corrected chi connectivity index (χ0v) is 25.7. The molecule has 1 aliphatic rings. The van der Waals surface area contributed by atoms with E-state index in [0.717, 1.165) is 38.2 Å². The molecule has 45 heavy (non-hydrogen) atoms. The summed E-state index contributed by atoms with van der Waals surface area (Å²) in [5.41, 5.74) is 3.39. The number of nitrogens with zero attached hydrogens (tertiary/aromatic N) is 2. The van der Waals surface area contributed by atoms with Gasteiger partial charge in [-0.25, -0.2) is 9.79 Å². The number of carbonyl (C=O) groups is 1. The fourth-order valence-corrected chi connectivity index (χ4v) is 7.06. The highest BCUT2D eigenvalue weighted by Gasteiger charge is 2.34. The third-order valence-corrected chi connectivity index (χ3v) is 9.09. The molecule has 0 saturated heterocycles. The molecule has 0 saturated carbocycles. The predicted octanol–water partition coefficient (Wildman–Crippen LogP) is 6.68. The Kier molecular flexibility index (Phi) is 7.61. The Balaban J connectivity index is 1.34. The number of thiazole rings is 1. The predicted molar refractivity (Wildman–Crippen MR) is 179 cm³/mol. The second-order valence-electron chi connectivity index (χ2n) is 10.8. The molecule has 0 aliphatic carbocycles. The summed E-state index contributed by atoms with van der Waals surface area (Å²) >= 11 is 1.30. The Bertz CT molecular complexity index is 2300. The van der Waals surface area contributed by atoms with Gasteiger partial charge in [-0.05, 0) is 58.7 Å². The molecule has 0 N–H and O–H groups in total. The van der Waals surface area contributed by atoms with Crippen LogP contribution in [0.1, 0.15) is 36.6 Å². The lowest BCUT2D eigenvalue weighted by atomic mass is 9.91. The van der Waals surface area contributed by atoms with Crippen molar-refractivity contribution >= 4 is 44.9 Å². The van der Waals surface area contributed by atoms with Gasteiger partial charge in [0.25, 0.3) is 5.56 Å². The van der Waals surface area contributed by atoms with Crippen molar-refractivity contribution in [1.29, 1.82) is 0 Å². The van der Waals surface area contributed by atoms with Crippen LogP contribution >= 0.6 is 11.3 Å². The summed E-state index contributed by atoms with van der Waals surface area (Å²) in [7, 11) is 0. The molecular formula is C38H30N2O4S. The van der Waals surface area contributed by atoms with E-state index in [0.29, 0.717) is 33.0 Å². The van der Waals surface area contributed by atoms with Gasteiger partial charge in [-0.1, -0.05) is 114 Å². The van der Waals surface area contributed by atoms with Crippen LogP contribution in [-0.4, -0.2) is 17.1 Å². The molecule has 222 valence electrons. The second-order valence-corrected chi connectivity index (χ2v) is 11.8. The van der Waals surface area contributed by atoms with E-state index >= 15 is 0 Å². The molecule has 0 spiro atoms. The molecule has 5 aromatic carbocycles. The SMILES string of the molecule is CCOC(=O)C1=C(C)N=c2s/c(=C/c3ccccc3OCc3cccc4ccccc34)c(=O)n2[C@H]1c1cccc2ccccc12. The topological polar surface area (TPSA) is 69.9 Å². The Morgan fingerprint density at radius 2 is 1.53 bits per heavy atom. The van der Waals surface area contributed by atoms with Crippen molar-refractivity contribution in [3.8, 4) is 5.75 Å².